The smallest absolute Gasteiger partial charge is 0.139 e. The molecule has 3 rings (SSSR count). The zero-order valence-corrected chi connectivity index (χ0v) is 12.8. The Hall–Kier alpha value is -2.36. The van der Waals surface area contributed by atoms with Gasteiger partial charge in [-0.3, -0.25) is 4.99 Å². The lowest BCUT2D eigenvalue weighted by Gasteiger charge is -2.07. The van der Waals surface area contributed by atoms with Crippen LogP contribution in [0.4, 0.5) is 5.69 Å². The number of nitrogens with zero attached hydrogens (tertiary/aromatic N) is 2. The summed E-state index contributed by atoms with van der Waals surface area (Å²) in [6.07, 6.45) is 2.04. The van der Waals surface area contributed by atoms with Crippen molar-refractivity contribution in [2.75, 3.05) is 13.7 Å². The number of fused-ring (bicyclic) bond motifs is 3. The number of methoxy groups -OCH3 is 1. The zero-order chi connectivity index (χ0) is 15.0. The fraction of sp³-hybridized carbons (Fsp3) is 0.294. The molecule has 110 valence electrons. The first-order valence-corrected chi connectivity index (χ1v) is 7.16. The van der Waals surface area contributed by atoms with Crippen LogP contribution in [0.1, 0.15) is 20.8 Å². The summed E-state index contributed by atoms with van der Waals surface area (Å²) < 4.78 is 5.34. The Kier molecular flexibility index (Phi) is 3.37. The maximum Gasteiger partial charge on any atom is 0.139 e. The molecule has 1 aromatic heterocycles. The molecule has 0 atom stereocenters. The molecule has 1 aliphatic heterocycles. The van der Waals surface area contributed by atoms with Crippen molar-refractivity contribution in [3.05, 3.63) is 40.0 Å². The topological polar surface area (TPSA) is 49.7 Å². The zero-order valence-electron chi connectivity index (χ0n) is 12.8. The number of nitrogens with one attached hydrogen (secondary N) is 1. The molecule has 1 aromatic carbocycles. The highest BCUT2D eigenvalue weighted by molar-refractivity contribution is 5.81. The minimum atomic E-state index is 0. The number of benzene rings is 1. The maximum absolute atomic E-state index is 5.34. The number of rotatable bonds is 2. The summed E-state index contributed by atoms with van der Waals surface area (Å²) in [5, 5.41) is 2.04. The Labute approximate surface area is 125 Å². The summed E-state index contributed by atoms with van der Waals surface area (Å²) in [5.41, 5.74) is 5.27. The van der Waals surface area contributed by atoms with Gasteiger partial charge in [0.15, 0.2) is 0 Å². The second kappa shape index (κ2) is 5.20. The van der Waals surface area contributed by atoms with E-state index in [1.54, 1.807) is 7.11 Å². The van der Waals surface area contributed by atoms with Gasteiger partial charge in [0.1, 0.15) is 11.2 Å². The second-order valence-electron chi connectivity index (χ2n) is 4.99. The minimum absolute atomic E-state index is 0. The number of pyridine rings is 1. The third-order valence-corrected chi connectivity index (χ3v) is 3.79. The predicted octanol–water partition coefficient (Wildman–Crippen LogP) is 2.23. The summed E-state index contributed by atoms with van der Waals surface area (Å²) in [6.45, 7) is 6.93. The lowest BCUT2D eigenvalue weighted by molar-refractivity contribution is 0.415. The van der Waals surface area contributed by atoms with Gasteiger partial charge in [0.25, 0.3) is 0 Å². The normalized spacial score (nSPS) is 13.9. The molecule has 2 heterocycles. The van der Waals surface area contributed by atoms with Crippen molar-refractivity contribution >= 4 is 11.8 Å². The fourth-order valence-corrected chi connectivity index (χ4v) is 2.79. The van der Waals surface area contributed by atoms with Gasteiger partial charge in [-0.25, -0.2) is 4.99 Å². The molecule has 0 amide bonds. The molecule has 0 aliphatic carbocycles. The molecule has 0 bridgehead atoms. The molecule has 0 radical (unpaired) electrons. The van der Waals surface area contributed by atoms with E-state index >= 15 is 0 Å². The SMILES string of the molecule is C/C=c1/[nH]c2c(c(C)c1=NCC)-c1cc(OC)ccc1N=2.[HH]. The van der Waals surface area contributed by atoms with Gasteiger partial charge in [-0.05, 0) is 44.5 Å². The Morgan fingerprint density at radius 2 is 2.24 bits per heavy atom. The van der Waals surface area contributed by atoms with Gasteiger partial charge < -0.3 is 9.72 Å². The van der Waals surface area contributed by atoms with Crippen molar-refractivity contribution in [1.29, 1.82) is 0 Å². The van der Waals surface area contributed by atoms with Gasteiger partial charge in [-0.15, -0.1) is 0 Å². The summed E-state index contributed by atoms with van der Waals surface area (Å²) in [7, 11) is 1.68. The monoisotopic (exact) mass is 283 g/mol. The molecule has 1 N–H and O–H groups in total. The molecular weight excluding hydrogens is 262 g/mol. The van der Waals surface area contributed by atoms with E-state index in [2.05, 4.69) is 21.9 Å². The standard InChI is InChI=1S/C17H19N3O.H2/c1-5-13-16(18-6-2)10(3)15-12-9-11(21-4)7-8-14(12)20-17(15)19-13;/h5,7-9H,6H2,1-4H3,(H,19,20);1H/b13-5+,18-16?;. The van der Waals surface area contributed by atoms with E-state index in [1.165, 1.54) is 0 Å². The Morgan fingerprint density at radius 3 is 2.90 bits per heavy atom. The molecule has 21 heavy (non-hydrogen) atoms. The highest BCUT2D eigenvalue weighted by atomic mass is 16.5. The van der Waals surface area contributed by atoms with Crippen LogP contribution in [0.3, 0.4) is 0 Å². The summed E-state index contributed by atoms with van der Waals surface area (Å²) in [4.78, 5) is 12.7. The molecule has 0 saturated carbocycles. The van der Waals surface area contributed by atoms with Crippen molar-refractivity contribution in [2.45, 2.75) is 20.8 Å². The number of aromatic nitrogens is 1. The number of H-pyrrole nitrogens is 1. The molecule has 4 heteroatoms. The number of hydrogen-bond acceptors (Lipinski definition) is 3. The van der Waals surface area contributed by atoms with Crippen LogP contribution in [0.15, 0.2) is 28.2 Å². The first-order valence-electron chi connectivity index (χ1n) is 7.16. The molecule has 2 aromatic rings. The van der Waals surface area contributed by atoms with Crippen LogP contribution in [-0.4, -0.2) is 18.6 Å². The number of ether oxygens (including phenoxy) is 1. The van der Waals surface area contributed by atoms with Crippen LogP contribution in [0, 0.1) is 6.92 Å². The third kappa shape index (κ3) is 2.07. The maximum atomic E-state index is 5.34. The van der Waals surface area contributed by atoms with Gasteiger partial charge in [0.2, 0.25) is 0 Å². The van der Waals surface area contributed by atoms with Gasteiger partial charge >= 0.3 is 0 Å². The van der Waals surface area contributed by atoms with Gasteiger partial charge in [0, 0.05) is 19.1 Å². The van der Waals surface area contributed by atoms with Gasteiger partial charge in [-0.2, -0.15) is 0 Å². The van der Waals surface area contributed by atoms with E-state index in [4.69, 9.17) is 4.74 Å². The minimum Gasteiger partial charge on any atom is -0.497 e. The average Bonchev–Trinajstić information content (AvgIpc) is 2.87. The Bertz CT molecular complexity index is 897. The van der Waals surface area contributed by atoms with Crippen LogP contribution in [0.5, 0.6) is 5.75 Å². The van der Waals surface area contributed by atoms with E-state index in [-0.39, 0.29) is 1.43 Å². The average molecular weight is 283 g/mol. The Morgan fingerprint density at radius 1 is 1.43 bits per heavy atom. The van der Waals surface area contributed by atoms with Gasteiger partial charge in [-0.1, -0.05) is 6.08 Å². The number of aromatic amines is 1. The fourth-order valence-electron chi connectivity index (χ4n) is 2.79. The highest BCUT2D eigenvalue weighted by Gasteiger charge is 2.18. The second-order valence-corrected chi connectivity index (χ2v) is 4.99. The largest absolute Gasteiger partial charge is 0.497 e. The van der Waals surface area contributed by atoms with Gasteiger partial charge in [0.05, 0.1) is 23.5 Å². The van der Waals surface area contributed by atoms with Crippen LogP contribution >= 0.6 is 0 Å². The van der Waals surface area contributed by atoms with E-state index in [0.717, 1.165) is 50.9 Å². The molecule has 0 saturated heterocycles. The van der Waals surface area contributed by atoms with E-state index in [9.17, 15) is 0 Å². The highest BCUT2D eigenvalue weighted by Crippen LogP contribution is 2.35. The molecule has 4 nitrogen and oxygen atoms in total. The third-order valence-electron chi connectivity index (χ3n) is 3.79. The van der Waals surface area contributed by atoms with E-state index < -0.39 is 0 Å². The van der Waals surface area contributed by atoms with Crippen molar-refractivity contribution < 1.29 is 6.16 Å². The lowest BCUT2D eigenvalue weighted by Crippen LogP contribution is -2.37. The summed E-state index contributed by atoms with van der Waals surface area (Å²) in [6, 6.07) is 5.97. The van der Waals surface area contributed by atoms with Crippen molar-refractivity contribution in [3.8, 4) is 16.9 Å². The van der Waals surface area contributed by atoms with Crippen molar-refractivity contribution in [2.24, 2.45) is 9.98 Å². The summed E-state index contributed by atoms with van der Waals surface area (Å²) >= 11 is 0. The molecule has 0 unspecified atom stereocenters. The molecule has 0 spiro atoms. The first kappa shape index (κ1) is 13.6. The predicted molar refractivity (Wildman–Crippen MR) is 86.3 cm³/mol. The van der Waals surface area contributed by atoms with E-state index in [0.29, 0.717) is 0 Å². The number of hydrogen-bond donors (Lipinski definition) is 1. The lowest BCUT2D eigenvalue weighted by atomic mass is 10.0. The van der Waals surface area contributed by atoms with Crippen LogP contribution in [-0.2, 0) is 0 Å². The summed E-state index contributed by atoms with van der Waals surface area (Å²) in [5.74, 6) is 0.844. The quantitative estimate of drug-likeness (QED) is 0.770. The molecular formula is C17H21N3O. The molecule has 1 aliphatic rings. The van der Waals surface area contributed by atoms with Crippen LogP contribution in [0.25, 0.3) is 17.2 Å². The Balaban J connectivity index is 0.00000176. The van der Waals surface area contributed by atoms with Crippen LogP contribution in [0.2, 0.25) is 0 Å². The first-order chi connectivity index (χ1) is 10.2. The van der Waals surface area contributed by atoms with Crippen molar-refractivity contribution in [1.82, 2.24) is 4.98 Å². The van der Waals surface area contributed by atoms with E-state index in [1.807, 2.05) is 38.1 Å². The molecule has 0 fully saturated rings. The van der Waals surface area contributed by atoms with Crippen LogP contribution < -0.4 is 20.9 Å². The van der Waals surface area contributed by atoms with Crippen molar-refractivity contribution in [3.63, 3.8) is 0 Å².